The van der Waals surface area contributed by atoms with Crippen LogP contribution in [0.4, 0.5) is 0 Å². The molecule has 0 spiro atoms. The van der Waals surface area contributed by atoms with Gasteiger partial charge in [-0.3, -0.25) is 0 Å². The van der Waals surface area contributed by atoms with Crippen molar-refractivity contribution < 1.29 is 18.9 Å². The fourth-order valence-electron chi connectivity index (χ4n) is 5.80. The number of likely N-dealkylation sites (N-methyl/N-ethyl adjacent to an activating group) is 1. The largest absolute Gasteiger partial charge is 0.493 e. The Balaban J connectivity index is 1.24. The molecular formula is C29H39NO4S2. The third-order valence-electron chi connectivity index (χ3n) is 7.87. The number of hydrogen-bond acceptors (Lipinski definition) is 7. The number of methoxy groups -OCH3 is 2. The second-order valence-corrected chi connectivity index (χ2v) is 13.3. The van der Waals surface area contributed by atoms with Crippen molar-refractivity contribution in [3.63, 3.8) is 0 Å². The summed E-state index contributed by atoms with van der Waals surface area (Å²) >= 11 is 4.24. The number of hydrogen-bond donors (Lipinski definition) is 0. The molecule has 0 bridgehead atoms. The molecule has 2 fully saturated rings. The molecule has 0 aromatic heterocycles. The predicted octanol–water partition coefficient (Wildman–Crippen LogP) is 6.33. The van der Waals surface area contributed by atoms with Gasteiger partial charge in [-0.15, -0.1) is 23.5 Å². The van der Waals surface area contributed by atoms with E-state index in [2.05, 4.69) is 71.9 Å². The Kier molecular flexibility index (Phi) is 8.18. The average molecular weight is 530 g/mol. The molecule has 2 aromatic rings. The monoisotopic (exact) mass is 529 g/mol. The molecule has 0 unspecified atom stereocenters. The zero-order valence-corrected chi connectivity index (χ0v) is 23.5. The first-order valence-electron chi connectivity index (χ1n) is 13.2. The van der Waals surface area contributed by atoms with Crippen LogP contribution >= 0.6 is 23.5 Å². The molecule has 0 amide bonds. The SMILES string of the molecule is COc1ccc(C2(CN(C)CCCC3(c4ccc5c(c4)OCCO5)SCCCS3)CCC2)cc1OC. The van der Waals surface area contributed by atoms with Crippen molar-refractivity contribution in [3.05, 3.63) is 47.5 Å². The summed E-state index contributed by atoms with van der Waals surface area (Å²) in [5, 5.41) is 0. The van der Waals surface area contributed by atoms with Crippen LogP contribution in [0.2, 0.25) is 0 Å². The van der Waals surface area contributed by atoms with E-state index in [1.54, 1.807) is 14.2 Å². The van der Waals surface area contributed by atoms with Crippen LogP contribution in [0.15, 0.2) is 36.4 Å². The molecule has 196 valence electrons. The summed E-state index contributed by atoms with van der Waals surface area (Å²) in [7, 11) is 5.71. The summed E-state index contributed by atoms with van der Waals surface area (Å²) < 4.78 is 22.9. The van der Waals surface area contributed by atoms with Crippen LogP contribution < -0.4 is 18.9 Å². The van der Waals surface area contributed by atoms with Crippen LogP contribution in [-0.4, -0.2) is 64.0 Å². The van der Waals surface area contributed by atoms with Gasteiger partial charge < -0.3 is 23.8 Å². The molecule has 1 saturated heterocycles. The summed E-state index contributed by atoms with van der Waals surface area (Å²) in [6, 6.07) is 13.1. The normalized spacial score (nSPS) is 20.0. The number of fused-ring (bicyclic) bond motifs is 1. The fraction of sp³-hybridized carbons (Fsp3) is 0.586. The predicted molar refractivity (Wildman–Crippen MR) is 150 cm³/mol. The van der Waals surface area contributed by atoms with Crippen LogP contribution in [-0.2, 0) is 9.49 Å². The highest BCUT2D eigenvalue weighted by Crippen LogP contribution is 2.54. The molecule has 5 rings (SSSR count). The smallest absolute Gasteiger partial charge is 0.161 e. The van der Waals surface area contributed by atoms with Crippen molar-refractivity contribution in [2.45, 2.75) is 48.0 Å². The maximum absolute atomic E-state index is 5.92. The quantitative estimate of drug-likeness (QED) is 0.356. The summed E-state index contributed by atoms with van der Waals surface area (Å²) in [4.78, 5) is 2.55. The third kappa shape index (κ3) is 5.30. The number of thioether (sulfide) groups is 2. The van der Waals surface area contributed by atoms with E-state index in [1.807, 2.05) is 0 Å². The minimum Gasteiger partial charge on any atom is -0.493 e. The van der Waals surface area contributed by atoms with Gasteiger partial charge in [0.05, 0.1) is 18.3 Å². The Morgan fingerprint density at radius 1 is 0.861 bits per heavy atom. The molecule has 2 aliphatic heterocycles. The van der Waals surface area contributed by atoms with Crippen LogP contribution in [0.25, 0.3) is 0 Å². The molecule has 0 atom stereocenters. The van der Waals surface area contributed by atoms with Gasteiger partial charge in [0.25, 0.3) is 0 Å². The van der Waals surface area contributed by atoms with Crippen molar-refractivity contribution in [1.82, 2.24) is 4.90 Å². The second-order valence-electron chi connectivity index (χ2n) is 10.2. The molecule has 2 heterocycles. The van der Waals surface area contributed by atoms with Gasteiger partial charge in [-0.2, -0.15) is 0 Å². The van der Waals surface area contributed by atoms with Gasteiger partial charge in [0.15, 0.2) is 23.0 Å². The van der Waals surface area contributed by atoms with Crippen molar-refractivity contribution in [2.24, 2.45) is 0 Å². The molecule has 36 heavy (non-hydrogen) atoms. The van der Waals surface area contributed by atoms with Gasteiger partial charge in [-0.05, 0) is 92.6 Å². The van der Waals surface area contributed by atoms with Gasteiger partial charge in [-0.25, -0.2) is 0 Å². The number of benzene rings is 2. The molecular weight excluding hydrogens is 490 g/mol. The minimum absolute atomic E-state index is 0.104. The van der Waals surface area contributed by atoms with E-state index >= 15 is 0 Å². The van der Waals surface area contributed by atoms with Crippen LogP contribution in [0.3, 0.4) is 0 Å². The first-order chi connectivity index (χ1) is 17.6. The van der Waals surface area contributed by atoms with Crippen LogP contribution in [0, 0.1) is 0 Å². The number of ether oxygens (including phenoxy) is 4. The zero-order chi connectivity index (χ0) is 25.0. The van der Waals surface area contributed by atoms with E-state index in [4.69, 9.17) is 18.9 Å². The molecule has 2 aromatic carbocycles. The standard InChI is InChI=1S/C29H39NO4S2/c1-30(21-28(11-4-12-28)22-7-9-24(31-2)26(19-22)32-3)14-5-13-29(35-17-6-18-36-29)23-8-10-25-27(20-23)34-16-15-33-25/h7-10,19-20H,4-6,11-18,21H2,1-3H3. The van der Waals surface area contributed by atoms with Crippen LogP contribution in [0.1, 0.15) is 49.7 Å². The summed E-state index contributed by atoms with van der Waals surface area (Å²) in [5.74, 6) is 5.86. The van der Waals surface area contributed by atoms with Crippen molar-refractivity contribution in [1.29, 1.82) is 0 Å². The number of nitrogens with zero attached hydrogens (tertiary/aromatic N) is 1. The van der Waals surface area contributed by atoms with Crippen molar-refractivity contribution in [3.8, 4) is 23.0 Å². The lowest BCUT2D eigenvalue weighted by atomic mass is 9.64. The van der Waals surface area contributed by atoms with Crippen molar-refractivity contribution >= 4 is 23.5 Å². The first-order valence-corrected chi connectivity index (χ1v) is 15.1. The molecule has 7 heteroatoms. The summed E-state index contributed by atoms with van der Waals surface area (Å²) in [6.07, 6.45) is 7.39. The summed E-state index contributed by atoms with van der Waals surface area (Å²) in [5.41, 5.74) is 2.98. The highest BCUT2D eigenvalue weighted by atomic mass is 32.2. The van der Waals surface area contributed by atoms with Gasteiger partial charge in [0.2, 0.25) is 0 Å². The van der Waals surface area contributed by atoms with Gasteiger partial charge in [0.1, 0.15) is 13.2 Å². The fourth-order valence-corrected chi connectivity index (χ4v) is 9.21. The van der Waals surface area contributed by atoms with Gasteiger partial charge in [0, 0.05) is 12.0 Å². The zero-order valence-electron chi connectivity index (χ0n) is 21.8. The molecule has 1 aliphatic carbocycles. The number of rotatable bonds is 10. The molecule has 0 radical (unpaired) electrons. The maximum atomic E-state index is 5.92. The lowest BCUT2D eigenvalue weighted by molar-refractivity contribution is 0.157. The molecule has 3 aliphatic rings. The highest BCUT2D eigenvalue weighted by molar-refractivity contribution is 8.18. The summed E-state index contributed by atoms with van der Waals surface area (Å²) in [6.45, 7) is 3.46. The van der Waals surface area contributed by atoms with E-state index in [0.717, 1.165) is 42.5 Å². The topological polar surface area (TPSA) is 40.2 Å². The maximum Gasteiger partial charge on any atom is 0.161 e. The van der Waals surface area contributed by atoms with Crippen LogP contribution in [0.5, 0.6) is 23.0 Å². The highest BCUT2D eigenvalue weighted by Gasteiger charge is 2.40. The average Bonchev–Trinajstić information content (AvgIpc) is 2.90. The Morgan fingerprint density at radius 3 is 2.28 bits per heavy atom. The van der Waals surface area contributed by atoms with E-state index in [1.165, 1.54) is 54.7 Å². The first kappa shape index (κ1) is 25.9. The van der Waals surface area contributed by atoms with Gasteiger partial charge in [-0.1, -0.05) is 18.6 Å². The van der Waals surface area contributed by atoms with Crippen molar-refractivity contribution in [2.75, 3.05) is 59.1 Å². The lowest BCUT2D eigenvalue weighted by Crippen LogP contribution is -2.44. The Bertz CT molecular complexity index is 1040. The van der Waals surface area contributed by atoms with E-state index in [-0.39, 0.29) is 9.49 Å². The Morgan fingerprint density at radius 2 is 1.58 bits per heavy atom. The molecule has 1 saturated carbocycles. The Hall–Kier alpha value is -1.70. The Labute approximate surface area is 224 Å². The third-order valence-corrected chi connectivity index (χ3v) is 11.4. The minimum atomic E-state index is 0.104. The van der Waals surface area contributed by atoms with E-state index in [0.29, 0.717) is 13.2 Å². The second kappa shape index (κ2) is 11.4. The lowest BCUT2D eigenvalue weighted by Gasteiger charge is -2.45. The molecule has 5 nitrogen and oxygen atoms in total. The van der Waals surface area contributed by atoms with E-state index < -0.39 is 0 Å². The van der Waals surface area contributed by atoms with Gasteiger partial charge >= 0.3 is 0 Å². The van der Waals surface area contributed by atoms with E-state index in [9.17, 15) is 0 Å². The molecule has 0 N–H and O–H groups in total.